The minimum Gasteiger partial charge on any atom is -0.507 e. The summed E-state index contributed by atoms with van der Waals surface area (Å²) in [4.78, 5) is 14.9. The van der Waals surface area contributed by atoms with Crippen molar-refractivity contribution in [3.63, 3.8) is 0 Å². The molecule has 0 bridgehead atoms. The Balaban J connectivity index is 2.20. The molecule has 0 fully saturated rings. The van der Waals surface area contributed by atoms with E-state index >= 15 is 0 Å². The maximum atomic E-state index is 13.0. The zero-order valence-electron chi connectivity index (χ0n) is 15.2. The second-order valence-corrected chi connectivity index (χ2v) is 6.23. The van der Waals surface area contributed by atoms with Gasteiger partial charge < -0.3 is 23.9 Å². The molecule has 1 heterocycles. The van der Waals surface area contributed by atoms with Crippen LogP contribution in [0.5, 0.6) is 17.2 Å². The van der Waals surface area contributed by atoms with Gasteiger partial charge >= 0.3 is 0 Å². The van der Waals surface area contributed by atoms with Crippen molar-refractivity contribution >= 4 is 11.0 Å². The van der Waals surface area contributed by atoms with Crippen molar-refractivity contribution in [1.82, 2.24) is 4.90 Å². The molecule has 26 heavy (non-hydrogen) atoms. The average molecular weight is 355 g/mol. The summed E-state index contributed by atoms with van der Waals surface area (Å²) in [7, 11) is 6.87. The third-order valence-electron chi connectivity index (χ3n) is 4.19. The maximum Gasteiger partial charge on any atom is 0.200 e. The molecule has 0 saturated heterocycles. The van der Waals surface area contributed by atoms with E-state index in [-0.39, 0.29) is 11.2 Å². The van der Waals surface area contributed by atoms with Gasteiger partial charge in [-0.3, -0.25) is 4.79 Å². The monoisotopic (exact) mass is 355 g/mol. The lowest BCUT2D eigenvalue weighted by Gasteiger charge is -2.13. The molecule has 3 aromatic rings. The number of phenols is 1. The molecule has 136 valence electrons. The van der Waals surface area contributed by atoms with E-state index in [1.165, 1.54) is 12.3 Å². The quantitative estimate of drug-likeness (QED) is 0.757. The first kappa shape index (κ1) is 17.8. The highest BCUT2D eigenvalue weighted by Gasteiger charge is 2.16. The fourth-order valence-corrected chi connectivity index (χ4v) is 2.92. The van der Waals surface area contributed by atoms with E-state index in [0.29, 0.717) is 45.7 Å². The lowest BCUT2D eigenvalue weighted by atomic mass is 10.0. The minimum absolute atomic E-state index is 0.105. The molecule has 2 aromatic carbocycles. The van der Waals surface area contributed by atoms with Crippen molar-refractivity contribution in [3.05, 3.63) is 52.4 Å². The van der Waals surface area contributed by atoms with Crippen LogP contribution in [0.1, 0.15) is 5.56 Å². The van der Waals surface area contributed by atoms with Crippen molar-refractivity contribution in [2.24, 2.45) is 0 Å². The largest absolute Gasteiger partial charge is 0.507 e. The zero-order chi connectivity index (χ0) is 18.8. The predicted octanol–water partition coefficient (Wildman–Crippen LogP) is 3.24. The smallest absolute Gasteiger partial charge is 0.200 e. The van der Waals surface area contributed by atoms with Crippen LogP contribution in [0.25, 0.3) is 22.1 Å². The summed E-state index contributed by atoms with van der Waals surface area (Å²) in [6.07, 6.45) is 1.42. The fraction of sp³-hybridized carbons (Fsp3) is 0.250. The first-order valence-corrected chi connectivity index (χ1v) is 8.09. The van der Waals surface area contributed by atoms with Crippen LogP contribution >= 0.6 is 0 Å². The number of aromatic hydroxyl groups is 1. The Morgan fingerprint density at radius 1 is 1.08 bits per heavy atom. The molecular formula is C20H21NO5. The molecule has 0 aliphatic carbocycles. The standard InChI is InChI=1S/C20H21NO5/c1-21(2)10-14-16(22)7-6-13-19(23)15(11-26-20(13)14)12-5-8-17(24-3)18(9-12)25-4/h5-9,11,22H,10H2,1-4H3. The van der Waals surface area contributed by atoms with Gasteiger partial charge in [0.2, 0.25) is 5.43 Å². The highest BCUT2D eigenvalue weighted by Crippen LogP contribution is 2.33. The summed E-state index contributed by atoms with van der Waals surface area (Å²) in [5, 5.41) is 10.6. The molecule has 0 aliphatic heterocycles. The van der Waals surface area contributed by atoms with Crippen molar-refractivity contribution in [3.8, 4) is 28.4 Å². The van der Waals surface area contributed by atoms with Gasteiger partial charge in [0.15, 0.2) is 11.5 Å². The molecule has 1 aromatic heterocycles. The maximum absolute atomic E-state index is 13.0. The Labute approximate surface area is 151 Å². The van der Waals surface area contributed by atoms with Gasteiger partial charge in [-0.1, -0.05) is 6.07 Å². The van der Waals surface area contributed by atoms with E-state index in [1.807, 2.05) is 19.0 Å². The third-order valence-corrected chi connectivity index (χ3v) is 4.19. The Hall–Kier alpha value is -2.99. The molecule has 1 N–H and O–H groups in total. The number of benzene rings is 2. The summed E-state index contributed by atoms with van der Waals surface area (Å²) < 4.78 is 16.3. The van der Waals surface area contributed by atoms with Gasteiger partial charge in [-0.05, 0) is 43.9 Å². The van der Waals surface area contributed by atoms with E-state index < -0.39 is 0 Å². The molecule has 6 nitrogen and oxygen atoms in total. The molecule has 0 saturated carbocycles. The normalized spacial score (nSPS) is 11.1. The van der Waals surface area contributed by atoms with Crippen LogP contribution in [0, 0.1) is 0 Å². The topological polar surface area (TPSA) is 72.1 Å². The fourth-order valence-electron chi connectivity index (χ4n) is 2.92. The van der Waals surface area contributed by atoms with Gasteiger partial charge in [-0.25, -0.2) is 0 Å². The van der Waals surface area contributed by atoms with Crippen LogP contribution < -0.4 is 14.9 Å². The van der Waals surface area contributed by atoms with Gasteiger partial charge in [0, 0.05) is 6.54 Å². The molecule has 0 spiro atoms. The van der Waals surface area contributed by atoms with E-state index in [4.69, 9.17) is 13.9 Å². The number of methoxy groups -OCH3 is 2. The summed E-state index contributed by atoms with van der Waals surface area (Å²) >= 11 is 0. The van der Waals surface area contributed by atoms with Crippen LogP contribution in [0.15, 0.2) is 45.8 Å². The highest BCUT2D eigenvalue weighted by atomic mass is 16.5. The molecule has 0 aliphatic rings. The number of hydrogen-bond donors (Lipinski definition) is 1. The zero-order valence-corrected chi connectivity index (χ0v) is 15.2. The molecule has 3 rings (SSSR count). The molecule has 0 unspecified atom stereocenters. The van der Waals surface area contributed by atoms with Crippen LogP contribution in [0.3, 0.4) is 0 Å². The lowest BCUT2D eigenvalue weighted by Crippen LogP contribution is -2.12. The summed E-state index contributed by atoms with van der Waals surface area (Å²) in [5.41, 5.74) is 1.90. The first-order valence-electron chi connectivity index (χ1n) is 8.09. The predicted molar refractivity (Wildman–Crippen MR) is 100 cm³/mol. The van der Waals surface area contributed by atoms with Crippen LogP contribution in [0.4, 0.5) is 0 Å². The SMILES string of the molecule is COc1ccc(-c2coc3c(CN(C)C)c(O)ccc3c2=O)cc1OC. The van der Waals surface area contributed by atoms with Crippen molar-refractivity contribution < 1.29 is 19.0 Å². The lowest BCUT2D eigenvalue weighted by molar-refractivity contribution is 0.355. The van der Waals surface area contributed by atoms with Crippen molar-refractivity contribution in [2.75, 3.05) is 28.3 Å². The summed E-state index contributed by atoms with van der Waals surface area (Å²) in [6, 6.07) is 8.36. The second kappa shape index (κ2) is 7.09. The third kappa shape index (κ3) is 3.11. The van der Waals surface area contributed by atoms with E-state index in [9.17, 15) is 9.90 Å². The minimum atomic E-state index is -0.168. The van der Waals surface area contributed by atoms with Gasteiger partial charge in [-0.15, -0.1) is 0 Å². The van der Waals surface area contributed by atoms with E-state index in [1.54, 1.807) is 38.5 Å². The number of hydrogen-bond acceptors (Lipinski definition) is 6. The number of nitrogens with zero attached hydrogens (tertiary/aromatic N) is 1. The number of phenolic OH excluding ortho intramolecular Hbond substituents is 1. The van der Waals surface area contributed by atoms with E-state index in [0.717, 1.165) is 0 Å². The number of rotatable bonds is 5. The molecule has 0 amide bonds. The van der Waals surface area contributed by atoms with Gasteiger partial charge in [0.05, 0.1) is 30.7 Å². The van der Waals surface area contributed by atoms with Gasteiger partial charge in [0.1, 0.15) is 17.6 Å². The molecule has 6 heteroatoms. The Morgan fingerprint density at radius 3 is 2.46 bits per heavy atom. The van der Waals surface area contributed by atoms with Gasteiger partial charge in [-0.2, -0.15) is 0 Å². The first-order chi connectivity index (χ1) is 12.5. The van der Waals surface area contributed by atoms with Crippen molar-refractivity contribution in [2.45, 2.75) is 6.54 Å². The van der Waals surface area contributed by atoms with Crippen LogP contribution in [0.2, 0.25) is 0 Å². The Kier molecular flexibility index (Phi) is 4.86. The summed E-state index contributed by atoms with van der Waals surface area (Å²) in [6.45, 7) is 0.460. The average Bonchev–Trinajstić information content (AvgIpc) is 2.63. The Bertz CT molecular complexity index is 1010. The van der Waals surface area contributed by atoms with Gasteiger partial charge in [0.25, 0.3) is 0 Å². The van der Waals surface area contributed by atoms with Crippen LogP contribution in [-0.4, -0.2) is 38.3 Å². The second-order valence-electron chi connectivity index (χ2n) is 6.23. The molecule has 0 radical (unpaired) electrons. The van der Waals surface area contributed by atoms with Crippen molar-refractivity contribution in [1.29, 1.82) is 0 Å². The van der Waals surface area contributed by atoms with E-state index in [2.05, 4.69) is 0 Å². The molecular weight excluding hydrogens is 334 g/mol. The number of ether oxygens (including phenoxy) is 2. The van der Waals surface area contributed by atoms with Crippen LogP contribution in [-0.2, 0) is 6.54 Å². The molecule has 0 atom stereocenters. The number of fused-ring (bicyclic) bond motifs is 1. The highest BCUT2D eigenvalue weighted by molar-refractivity contribution is 5.85. The Morgan fingerprint density at radius 2 is 1.81 bits per heavy atom. The summed E-state index contributed by atoms with van der Waals surface area (Å²) in [5.74, 6) is 1.22.